The minimum absolute atomic E-state index is 0.174. The second-order valence-corrected chi connectivity index (χ2v) is 6.33. The molecule has 1 fully saturated rings. The van der Waals surface area contributed by atoms with Gasteiger partial charge in [-0.2, -0.15) is 0 Å². The Morgan fingerprint density at radius 2 is 1.77 bits per heavy atom. The first-order chi connectivity index (χ1) is 10.7. The quantitative estimate of drug-likeness (QED) is 0.836. The maximum absolute atomic E-state index is 12.5. The van der Waals surface area contributed by atoms with Crippen molar-refractivity contribution in [3.8, 4) is 11.5 Å². The molecule has 1 aromatic rings. The zero-order valence-electron chi connectivity index (χ0n) is 12.8. The van der Waals surface area contributed by atoms with Crippen LogP contribution in [0.5, 0.6) is 11.5 Å². The van der Waals surface area contributed by atoms with Crippen molar-refractivity contribution in [1.29, 1.82) is 0 Å². The van der Waals surface area contributed by atoms with Crippen molar-refractivity contribution in [3.63, 3.8) is 0 Å². The summed E-state index contributed by atoms with van der Waals surface area (Å²) in [6, 6.07) is 3.72. The van der Waals surface area contributed by atoms with Crippen molar-refractivity contribution < 1.29 is 14.3 Å². The minimum atomic E-state index is 0.174. The molecule has 4 nitrogen and oxygen atoms in total. The van der Waals surface area contributed by atoms with Crippen molar-refractivity contribution in [2.24, 2.45) is 0 Å². The minimum Gasteiger partial charge on any atom is -0.489 e. The summed E-state index contributed by atoms with van der Waals surface area (Å²) in [6.07, 6.45) is 5.87. The molecular formula is C17H22ClNO3. The van der Waals surface area contributed by atoms with Gasteiger partial charge in [-0.25, -0.2) is 0 Å². The normalized spacial score (nSPS) is 18.5. The number of benzene rings is 1. The summed E-state index contributed by atoms with van der Waals surface area (Å²) in [5, 5.41) is 0.526. The molecule has 2 aliphatic rings. The molecule has 120 valence electrons. The molecule has 22 heavy (non-hydrogen) atoms. The zero-order valence-corrected chi connectivity index (χ0v) is 13.5. The molecule has 0 radical (unpaired) electrons. The van der Waals surface area contributed by atoms with E-state index in [1.165, 1.54) is 12.8 Å². The van der Waals surface area contributed by atoms with Gasteiger partial charge >= 0.3 is 0 Å². The first-order valence-corrected chi connectivity index (χ1v) is 8.47. The first-order valence-electron chi connectivity index (χ1n) is 8.10. The van der Waals surface area contributed by atoms with Crippen LogP contribution in [0, 0.1) is 0 Å². The molecular weight excluding hydrogens is 302 g/mol. The molecule has 1 amide bonds. The van der Waals surface area contributed by atoms with Gasteiger partial charge in [0.15, 0.2) is 11.5 Å². The molecule has 3 rings (SSSR count). The van der Waals surface area contributed by atoms with Crippen molar-refractivity contribution in [2.75, 3.05) is 26.3 Å². The van der Waals surface area contributed by atoms with Crippen LogP contribution in [0.3, 0.4) is 0 Å². The third-order valence-electron chi connectivity index (χ3n) is 4.18. The van der Waals surface area contributed by atoms with E-state index in [1.807, 2.05) is 17.0 Å². The van der Waals surface area contributed by atoms with Crippen molar-refractivity contribution in [2.45, 2.75) is 38.5 Å². The summed E-state index contributed by atoms with van der Waals surface area (Å²) in [4.78, 5) is 14.5. The van der Waals surface area contributed by atoms with Crippen molar-refractivity contribution >= 4 is 17.5 Å². The van der Waals surface area contributed by atoms with E-state index in [0.717, 1.165) is 37.9 Å². The molecule has 1 aromatic carbocycles. The Kier molecular flexibility index (Phi) is 5.08. The number of carbonyl (C=O) groups excluding carboxylic acids is 1. The Labute approximate surface area is 136 Å². The van der Waals surface area contributed by atoms with E-state index < -0.39 is 0 Å². The molecule has 0 aliphatic carbocycles. The average molecular weight is 324 g/mol. The topological polar surface area (TPSA) is 38.8 Å². The van der Waals surface area contributed by atoms with Gasteiger partial charge < -0.3 is 14.4 Å². The predicted molar refractivity (Wildman–Crippen MR) is 85.8 cm³/mol. The largest absolute Gasteiger partial charge is 0.489 e. The number of nitrogens with zero attached hydrogens (tertiary/aromatic N) is 1. The average Bonchev–Trinajstić information content (AvgIpc) is 2.89. The zero-order chi connectivity index (χ0) is 15.4. The third kappa shape index (κ3) is 3.67. The monoisotopic (exact) mass is 323 g/mol. The van der Waals surface area contributed by atoms with E-state index >= 15 is 0 Å². The van der Waals surface area contributed by atoms with Crippen LogP contribution in [0.4, 0.5) is 0 Å². The van der Waals surface area contributed by atoms with Crippen LogP contribution in [-0.4, -0.2) is 37.1 Å². The number of ether oxygens (including phenoxy) is 2. The molecule has 0 bridgehead atoms. The van der Waals surface area contributed by atoms with Crippen molar-refractivity contribution in [3.05, 3.63) is 22.7 Å². The summed E-state index contributed by atoms with van der Waals surface area (Å²) in [5.41, 5.74) is 0.892. The predicted octanol–water partition coefficient (Wildman–Crippen LogP) is 3.45. The van der Waals surface area contributed by atoms with Crippen LogP contribution in [-0.2, 0) is 11.2 Å². The van der Waals surface area contributed by atoms with E-state index in [0.29, 0.717) is 36.2 Å². The molecule has 0 atom stereocenters. The van der Waals surface area contributed by atoms with Crippen molar-refractivity contribution in [1.82, 2.24) is 4.90 Å². The van der Waals surface area contributed by atoms with Gasteiger partial charge in [-0.3, -0.25) is 4.79 Å². The molecule has 1 saturated heterocycles. The summed E-state index contributed by atoms with van der Waals surface area (Å²) in [7, 11) is 0. The Balaban J connectivity index is 1.73. The number of likely N-dealkylation sites (tertiary alicyclic amines) is 1. The lowest BCUT2D eigenvalue weighted by atomic mass is 10.1. The van der Waals surface area contributed by atoms with Gasteiger partial charge in [0.2, 0.25) is 5.91 Å². The fourth-order valence-corrected chi connectivity index (χ4v) is 3.28. The smallest absolute Gasteiger partial charge is 0.226 e. The second-order valence-electron chi connectivity index (χ2n) is 5.93. The molecule has 2 heterocycles. The SMILES string of the molecule is O=C(Cc1cc(Cl)c2c(c1)OCCCO2)N1CCCCCC1. The van der Waals surface area contributed by atoms with Crippen LogP contribution in [0.25, 0.3) is 0 Å². The maximum Gasteiger partial charge on any atom is 0.226 e. The summed E-state index contributed by atoms with van der Waals surface area (Å²) in [6.45, 7) is 2.97. The third-order valence-corrected chi connectivity index (χ3v) is 4.46. The second kappa shape index (κ2) is 7.23. The highest BCUT2D eigenvalue weighted by Crippen LogP contribution is 2.38. The molecule has 0 aromatic heterocycles. The molecule has 5 heteroatoms. The summed E-state index contributed by atoms with van der Waals surface area (Å²) < 4.78 is 11.3. The Bertz CT molecular complexity index is 539. The van der Waals surface area contributed by atoms with Crippen LogP contribution in [0.1, 0.15) is 37.7 Å². The molecule has 0 saturated carbocycles. The lowest BCUT2D eigenvalue weighted by Gasteiger charge is -2.20. The lowest BCUT2D eigenvalue weighted by Crippen LogP contribution is -2.33. The summed E-state index contributed by atoms with van der Waals surface area (Å²) >= 11 is 6.29. The van der Waals surface area contributed by atoms with Crippen LogP contribution in [0.15, 0.2) is 12.1 Å². The lowest BCUT2D eigenvalue weighted by molar-refractivity contribution is -0.130. The Hall–Kier alpha value is -1.42. The number of fused-ring (bicyclic) bond motifs is 1. The highest BCUT2D eigenvalue weighted by molar-refractivity contribution is 6.32. The standard InChI is InChI=1S/C17H22ClNO3/c18-14-10-13(11-15-17(14)22-9-5-8-21-15)12-16(20)19-6-3-1-2-4-7-19/h10-11H,1-9,12H2. The molecule has 0 N–H and O–H groups in total. The fraction of sp³-hybridized carbons (Fsp3) is 0.588. The van der Waals surface area contributed by atoms with Gasteiger partial charge in [-0.05, 0) is 30.5 Å². The van der Waals surface area contributed by atoms with E-state index in [-0.39, 0.29) is 5.91 Å². The highest BCUT2D eigenvalue weighted by Gasteiger charge is 2.19. The van der Waals surface area contributed by atoms with E-state index in [1.54, 1.807) is 0 Å². The van der Waals surface area contributed by atoms with Gasteiger partial charge in [-0.15, -0.1) is 0 Å². The van der Waals surface area contributed by atoms with Crippen LogP contribution in [0.2, 0.25) is 5.02 Å². The van der Waals surface area contributed by atoms with Crippen LogP contribution < -0.4 is 9.47 Å². The molecule has 0 unspecified atom stereocenters. The van der Waals surface area contributed by atoms with Gasteiger partial charge in [0.1, 0.15) is 0 Å². The number of amides is 1. The number of rotatable bonds is 2. The number of hydrogen-bond acceptors (Lipinski definition) is 3. The van der Waals surface area contributed by atoms with Gasteiger partial charge in [-0.1, -0.05) is 24.4 Å². The molecule has 2 aliphatic heterocycles. The highest BCUT2D eigenvalue weighted by atomic mass is 35.5. The number of halogens is 1. The number of carbonyl (C=O) groups is 1. The van der Waals surface area contributed by atoms with Gasteiger partial charge in [0, 0.05) is 19.5 Å². The fourth-order valence-electron chi connectivity index (χ4n) is 2.99. The van der Waals surface area contributed by atoms with Gasteiger partial charge in [0.05, 0.1) is 24.7 Å². The Morgan fingerprint density at radius 3 is 2.55 bits per heavy atom. The first kappa shape index (κ1) is 15.5. The van der Waals surface area contributed by atoms with E-state index in [4.69, 9.17) is 21.1 Å². The molecule has 0 spiro atoms. The maximum atomic E-state index is 12.5. The van der Waals surface area contributed by atoms with E-state index in [2.05, 4.69) is 0 Å². The van der Waals surface area contributed by atoms with E-state index in [9.17, 15) is 4.79 Å². The van der Waals surface area contributed by atoms with Gasteiger partial charge in [0.25, 0.3) is 0 Å². The summed E-state index contributed by atoms with van der Waals surface area (Å²) in [5.74, 6) is 1.43. The Morgan fingerprint density at radius 1 is 1.05 bits per heavy atom. The van der Waals surface area contributed by atoms with Crippen LogP contribution >= 0.6 is 11.6 Å². The number of hydrogen-bond donors (Lipinski definition) is 0.